The van der Waals surface area contributed by atoms with Crippen molar-refractivity contribution >= 4 is 28.3 Å². The molecule has 1 aliphatic rings. The molecule has 4 rings (SSSR count). The Kier molecular flexibility index (Phi) is 6.59. The first kappa shape index (κ1) is 23.5. The third-order valence-electron chi connectivity index (χ3n) is 5.96. The number of nitrogens with zero attached hydrogens (tertiary/aromatic N) is 4. The molecule has 0 N–H and O–H groups in total. The molecule has 1 atom stereocenters. The quantitative estimate of drug-likeness (QED) is 0.495. The zero-order valence-electron chi connectivity index (χ0n) is 19.9. The van der Waals surface area contributed by atoms with Crippen LogP contribution in [0.4, 0.5) is 0 Å². The van der Waals surface area contributed by atoms with Gasteiger partial charge in [0.05, 0.1) is 29.0 Å². The van der Waals surface area contributed by atoms with Crippen LogP contribution in [0, 0.1) is 5.92 Å². The second-order valence-electron chi connectivity index (χ2n) is 9.60. The number of ether oxygens (including phenoxy) is 1. The van der Waals surface area contributed by atoms with E-state index in [0.29, 0.717) is 29.1 Å². The van der Waals surface area contributed by atoms with E-state index in [1.807, 2.05) is 34.9 Å². The number of benzene rings is 2. The topological polar surface area (TPSA) is 59.7 Å². The van der Waals surface area contributed by atoms with Gasteiger partial charge in [-0.15, -0.1) is 0 Å². The Balaban J connectivity index is 1.93. The van der Waals surface area contributed by atoms with Crippen molar-refractivity contribution in [3.63, 3.8) is 0 Å². The third-order valence-corrected chi connectivity index (χ3v) is 6.19. The summed E-state index contributed by atoms with van der Waals surface area (Å²) in [5.41, 5.74) is 1.35. The molecular weight excluding hydrogens is 436 g/mol. The van der Waals surface area contributed by atoms with Crippen LogP contribution in [0.2, 0.25) is 5.02 Å². The molecule has 1 aromatic heterocycles. The van der Waals surface area contributed by atoms with Gasteiger partial charge in [-0.25, -0.2) is 4.98 Å². The molecule has 0 saturated carbocycles. The van der Waals surface area contributed by atoms with Crippen molar-refractivity contribution in [3.8, 4) is 0 Å². The third kappa shape index (κ3) is 4.82. The van der Waals surface area contributed by atoms with Gasteiger partial charge in [-0.05, 0) is 43.5 Å². The molecule has 0 fully saturated rings. The van der Waals surface area contributed by atoms with E-state index in [2.05, 4.69) is 32.6 Å². The summed E-state index contributed by atoms with van der Waals surface area (Å²) in [6.07, 6.45) is 0. The van der Waals surface area contributed by atoms with Crippen LogP contribution >= 0.6 is 11.6 Å². The number of methoxy groups -OCH3 is 1. The summed E-state index contributed by atoms with van der Waals surface area (Å²) in [4.78, 5) is 26.0. The fourth-order valence-electron chi connectivity index (χ4n) is 4.61. The number of halogens is 1. The maximum Gasteiger partial charge on any atom is 0.261 e. The van der Waals surface area contributed by atoms with Gasteiger partial charge in [-0.1, -0.05) is 55.8 Å². The molecule has 0 saturated heterocycles. The molecule has 7 heteroatoms. The number of aromatic nitrogens is 2. The number of amidine groups is 1. The van der Waals surface area contributed by atoms with E-state index in [0.717, 1.165) is 23.8 Å². The Morgan fingerprint density at radius 3 is 2.55 bits per heavy atom. The highest BCUT2D eigenvalue weighted by Gasteiger charge is 2.39. The highest BCUT2D eigenvalue weighted by Crippen LogP contribution is 2.34. The van der Waals surface area contributed by atoms with Crippen molar-refractivity contribution in [2.24, 2.45) is 10.9 Å². The van der Waals surface area contributed by atoms with Crippen molar-refractivity contribution in [1.29, 1.82) is 0 Å². The lowest BCUT2D eigenvalue weighted by Crippen LogP contribution is -2.42. The van der Waals surface area contributed by atoms with Gasteiger partial charge in [0.15, 0.2) is 0 Å². The summed E-state index contributed by atoms with van der Waals surface area (Å²) < 4.78 is 7.28. The number of fused-ring (bicyclic) bond motifs is 1. The number of hydrogen-bond acceptors (Lipinski definition) is 5. The van der Waals surface area contributed by atoms with Gasteiger partial charge in [0, 0.05) is 18.7 Å². The van der Waals surface area contributed by atoms with Gasteiger partial charge in [0.1, 0.15) is 18.3 Å². The van der Waals surface area contributed by atoms with E-state index >= 15 is 0 Å². The van der Waals surface area contributed by atoms with Crippen molar-refractivity contribution < 1.29 is 4.74 Å². The Hall–Kier alpha value is -2.70. The zero-order chi connectivity index (χ0) is 23.8. The van der Waals surface area contributed by atoms with E-state index < -0.39 is 0 Å². The Bertz CT molecular complexity index is 1230. The molecule has 1 unspecified atom stereocenters. The summed E-state index contributed by atoms with van der Waals surface area (Å²) in [6.45, 7) is 10.1. The molecule has 1 aliphatic heterocycles. The van der Waals surface area contributed by atoms with Crippen molar-refractivity contribution in [2.75, 3.05) is 20.3 Å². The smallest absolute Gasteiger partial charge is 0.261 e. The van der Waals surface area contributed by atoms with Gasteiger partial charge < -0.3 is 9.64 Å². The summed E-state index contributed by atoms with van der Waals surface area (Å²) >= 11 is 6.27. The summed E-state index contributed by atoms with van der Waals surface area (Å²) in [5, 5.41) is 1.13. The monoisotopic (exact) mass is 466 g/mol. The van der Waals surface area contributed by atoms with Crippen molar-refractivity contribution in [2.45, 2.75) is 45.8 Å². The molecule has 0 amide bonds. The number of rotatable bonds is 7. The van der Waals surface area contributed by atoms with E-state index in [1.165, 1.54) is 0 Å². The van der Waals surface area contributed by atoms with Gasteiger partial charge >= 0.3 is 0 Å². The van der Waals surface area contributed by atoms with Gasteiger partial charge in [0.2, 0.25) is 0 Å². The first-order chi connectivity index (χ1) is 15.7. The Morgan fingerprint density at radius 1 is 1.15 bits per heavy atom. The maximum atomic E-state index is 13.7. The standard InChI is InChI=1S/C26H31ClN4O2/c1-17(2)23(31-16-26(3,4)29-22(31)15-33-5)24-28-21-13-19(27)11-12-20(21)25(32)30(24)14-18-9-7-6-8-10-18/h6-13,17,23H,14-16H2,1-5H3. The van der Waals surface area contributed by atoms with Crippen LogP contribution in [0.15, 0.2) is 58.3 Å². The Morgan fingerprint density at radius 2 is 1.88 bits per heavy atom. The largest absolute Gasteiger partial charge is 0.377 e. The maximum absolute atomic E-state index is 13.7. The fourth-order valence-corrected chi connectivity index (χ4v) is 4.78. The van der Waals surface area contributed by atoms with E-state index in [1.54, 1.807) is 25.3 Å². The number of aliphatic imine (C=N–C) groups is 1. The molecule has 0 aliphatic carbocycles. The van der Waals surface area contributed by atoms with Gasteiger partial charge in [0.25, 0.3) is 5.56 Å². The first-order valence-electron chi connectivity index (χ1n) is 11.3. The first-order valence-corrected chi connectivity index (χ1v) is 11.7. The highest BCUT2D eigenvalue weighted by atomic mass is 35.5. The lowest BCUT2D eigenvalue weighted by Gasteiger charge is -2.35. The summed E-state index contributed by atoms with van der Waals surface area (Å²) in [5.74, 6) is 1.77. The van der Waals surface area contributed by atoms with E-state index in [9.17, 15) is 4.79 Å². The molecule has 0 spiro atoms. The second-order valence-corrected chi connectivity index (χ2v) is 10.0. The average molecular weight is 467 g/mol. The minimum Gasteiger partial charge on any atom is -0.377 e. The second kappa shape index (κ2) is 9.27. The summed E-state index contributed by atoms with van der Waals surface area (Å²) in [6, 6.07) is 15.1. The molecule has 6 nitrogen and oxygen atoms in total. The molecule has 33 heavy (non-hydrogen) atoms. The van der Waals surface area contributed by atoms with E-state index in [-0.39, 0.29) is 23.1 Å². The average Bonchev–Trinajstić information content (AvgIpc) is 3.05. The highest BCUT2D eigenvalue weighted by molar-refractivity contribution is 6.31. The lowest BCUT2D eigenvalue weighted by molar-refractivity contribution is 0.194. The molecule has 174 valence electrons. The number of hydrogen-bond donors (Lipinski definition) is 0. The van der Waals surface area contributed by atoms with Crippen LogP contribution in [-0.2, 0) is 11.3 Å². The molecule has 0 bridgehead atoms. The molecule has 2 aromatic carbocycles. The molecule has 2 heterocycles. The zero-order valence-corrected chi connectivity index (χ0v) is 20.6. The van der Waals surface area contributed by atoms with Gasteiger partial charge in [-0.3, -0.25) is 14.4 Å². The van der Waals surface area contributed by atoms with Crippen LogP contribution < -0.4 is 5.56 Å². The summed E-state index contributed by atoms with van der Waals surface area (Å²) in [7, 11) is 1.68. The van der Waals surface area contributed by atoms with E-state index in [4.69, 9.17) is 26.3 Å². The predicted octanol–water partition coefficient (Wildman–Crippen LogP) is 4.93. The van der Waals surface area contributed by atoms with Crippen LogP contribution in [0.1, 0.15) is 45.1 Å². The van der Waals surface area contributed by atoms with Crippen LogP contribution in [0.3, 0.4) is 0 Å². The predicted molar refractivity (Wildman–Crippen MR) is 134 cm³/mol. The lowest BCUT2D eigenvalue weighted by atomic mass is 9.98. The Labute approximate surface area is 199 Å². The van der Waals surface area contributed by atoms with Crippen LogP contribution in [0.5, 0.6) is 0 Å². The van der Waals surface area contributed by atoms with Crippen molar-refractivity contribution in [3.05, 3.63) is 75.3 Å². The molecular formula is C26H31ClN4O2. The molecule has 3 aromatic rings. The minimum absolute atomic E-state index is 0.0649. The fraction of sp³-hybridized carbons (Fsp3) is 0.423. The van der Waals surface area contributed by atoms with Crippen molar-refractivity contribution in [1.82, 2.24) is 14.5 Å². The van der Waals surface area contributed by atoms with Crippen LogP contribution in [-0.4, -0.2) is 46.1 Å². The molecule has 0 radical (unpaired) electrons. The van der Waals surface area contributed by atoms with Gasteiger partial charge in [-0.2, -0.15) is 0 Å². The SMILES string of the molecule is COCC1=NC(C)(C)CN1C(c1nc2cc(Cl)ccc2c(=O)n1Cc1ccccc1)C(C)C. The normalized spacial score (nSPS) is 16.5. The minimum atomic E-state index is -0.244. The van der Waals surface area contributed by atoms with Crippen LogP contribution in [0.25, 0.3) is 10.9 Å².